The number of nitrogens with one attached hydrogen (secondary N) is 1. The van der Waals surface area contributed by atoms with Crippen molar-refractivity contribution in [2.45, 2.75) is 32.6 Å². The normalized spacial score (nSPS) is 13.9. The summed E-state index contributed by atoms with van der Waals surface area (Å²) in [6.07, 6.45) is -4.65. The van der Waals surface area contributed by atoms with Gasteiger partial charge in [-0.05, 0) is 52.9 Å². The summed E-state index contributed by atoms with van der Waals surface area (Å²) in [6, 6.07) is 15.9. The first-order chi connectivity index (χ1) is 17.5. The molecule has 0 saturated heterocycles. The number of amides is 2. The molecule has 1 atom stereocenters. The molecule has 1 unspecified atom stereocenters. The van der Waals surface area contributed by atoms with Crippen LogP contribution in [-0.2, 0) is 22.3 Å². The summed E-state index contributed by atoms with van der Waals surface area (Å²) in [5.41, 5.74) is 1.64. The van der Waals surface area contributed by atoms with Gasteiger partial charge in [0.1, 0.15) is 6.04 Å². The lowest BCUT2D eigenvalue weighted by Crippen LogP contribution is -2.45. The number of esters is 1. The molecule has 3 aromatic carbocycles. The number of methoxy groups -OCH3 is 1. The molecule has 0 aromatic heterocycles. The van der Waals surface area contributed by atoms with Crippen molar-refractivity contribution in [3.05, 3.63) is 89.0 Å². The van der Waals surface area contributed by atoms with Gasteiger partial charge in [-0.15, -0.1) is 0 Å². The van der Waals surface area contributed by atoms with Gasteiger partial charge in [0.25, 0.3) is 11.8 Å². The second-order valence-electron chi connectivity index (χ2n) is 9.09. The largest absolute Gasteiger partial charge is 0.467 e. The Bertz CT molecular complexity index is 1350. The monoisotopic (exact) mass is 510 g/mol. The molecule has 0 aliphatic carbocycles. The summed E-state index contributed by atoms with van der Waals surface area (Å²) in [7, 11) is 1.30. The minimum Gasteiger partial charge on any atom is -0.467 e. The molecule has 37 heavy (non-hydrogen) atoms. The Balaban J connectivity index is 1.53. The fraction of sp³-hybridized carbons (Fsp3) is 0.250. The number of nitrogens with zero attached hydrogens (tertiary/aromatic N) is 1. The first kappa shape index (κ1) is 25.9. The zero-order valence-electron chi connectivity index (χ0n) is 20.4. The van der Waals surface area contributed by atoms with Crippen LogP contribution in [0.4, 0.5) is 18.9 Å². The van der Waals surface area contributed by atoms with E-state index >= 15 is 0 Å². The van der Waals surface area contributed by atoms with Gasteiger partial charge < -0.3 is 15.0 Å². The average Bonchev–Trinajstić information content (AvgIpc) is 3.18. The highest BCUT2D eigenvalue weighted by atomic mass is 19.4. The minimum atomic E-state index is -4.65. The van der Waals surface area contributed by atoms with Crippen LogP contribution in [-0.4, -0.2) is 35.8 Å². The summed E-state index contributed by atoms with van der Waals surface area (Å²) < 4.78 is 44.6. The van der Waals surface area contributed by atoms with E-state index in [0.29, 0.717) is 17.8 Å². The van der Waals surface area contributed by atoms with Crippen molar-refractivity contribution in [3.8, 4) is 11.1 Å². The molecule has 0 saturated carbocycles. The van der Waals surface area contributed by atoms with Crippen molar-refractivity contribution in [2.75, 3.05) is 12.4 Å². The third kappa shape index (κ3) is 5.21. The van der Waals surface area contributed by atoms with Crippen LogP contribution in [0.1, 0.15) is 45.7 Å². The number of ether oxygens (including phenoxy) is 1. The molecule has 2 amide bonds. The van der Waals surface area contributed by atoms with Crippen LogP contribution >= 0.6 is 0 Å². The second-order valence-corrected chi connectivity index (χ2v) is 9.09. The summed E-state index contributed by atoms with van der Waals surface area (Å²) >= 11 is 0. The van der Waals surface area contributed by atoms with Crippen molar-refractivity contribution in [3.63, 3.8) is 0 Å². The van der Waals surface area contributed by atoms with Crippen LogP contribution < -0.4 is 5.32 Å². The van der Waals surface area contributed by atoms with E-state index in [1.807, 2.05) is 26.0 Å². The van der Waals surface area contributed by atoms with E-state index in [9.17, 15) is 27.6 Å². The third-order valence-corrected chi connectivity index (χ3v) is 6.30. The maximum atomic E-state index is 13.2. The predicted molar refractivity (Wildman–Crippen MR) is 132 cm³/mol. The fourth-order valence-electron chi connectivity index (χ4n) is 4.48. The lowest BCUT2D eigenvalue weighted by Gasteiger charge is -2.28. The van der Waals surface area contributed by atoms with E-state index < -0.39 is 35.2 Å². The van der Waals surface area contributed by atoms with Crippen LogP contribution in [0.25, 0.3) is 11.1 Å². The molecule has 1 N–H and O–H groups in total. The maximum Gasteiger partial charge on any atom is 0.417 e. The second kappa shape index (κ2) is 10.1. The van der Waals surface area contributed by atoms with Crippen LogP contribution in [0.5, 0.6) is 0 Å². The SMILES string of the molecule is COC(=O)C(C(C)C)N1Cc2ccc(-c3ccc(NC(=O)c4ccccc4C(F)(F)F)cc3)cc2C1=O. The number of alkyl halides is 3. The molecule has 6 nitrogen and oxygen atoms in total. The van der Waals surface area contributed by atoms with Crippen LogP contribution in [0.3, 0.4) is 0 Å². The predicted octanol–water partition coefficient (Wildman–Crippen LogP) is 5.78. The lowest BCUT2D eigenvalue weighted by atomic mass is 10.00. The molecular weight excluding hydrogens is 485 g/mol. The quantitative estimate of drug-likeness (QED) is 0.427. The molecule has 192 valence electrons. The fourth-order valence-corrected chi connectivity index (χ4v) is 4.48. The number of rotatable bonds is 6. The van der Waals surface area contributed by atoms with Crippen molar-refractivity contribution in [1.82, 2.24) is 4.90 Å². The Kier molecular flexibility index (Phi) is 7.07. The molecule has 0 fully saturated rings. The number of carbonyl (C=O) groups excluding carboxylic acids is 3. The Morgan fingerprint density at radius 2 is 1.62 bits per heavy atom. The van der Waals surface area contributed by atoms with Gasteiger partial charge in [-0.1, -0.05) is 50.2 Å². The van der Waals surface area contributed by atoms with Gasteiger partial charge in [0.15, 0.2) is 0 Å². The highest BCUT2D eigenvalue weighted by molar-refractivity contribution is 6.05. The third-order valence-electron chi connectivity index (χ3n) is 6.30. The highest BCUT2D eigenvalue weighted by Gasteiger charge is 2.39. The molecule has 1 heterocycles. The van der Waals surface area contributed by atoms with Crippen LogP contribution in [0.2, 0.25) is 0 Å². The number of hydrogen-bond donors (Lipinski definition) is 1. The highest BCUT2D eigenvalue weighted by Crippen LogP contribution is 2.33. The van der Waals surface area contributed by atoms with Gasteiger partial charge in [-0.25, -0.2) is 4.79 Å². The van der Waals surface area contributed by atoms with Gasteiger partial charge in [0.05, 0.1) is 18.2 Å². The van der Waals surface area contributed by atoms with E-state index in [1.165, 1.54) is 24.1 Å². The van der Waals surface area contributed by atoms with E-state index in [4.69, 9.17) is 4.74 Å². The molecule has 0 bridgehead atoms. The smallest absolute Gasteiger partial charge is 0.417 e. The summed E-state index contributed by atoms with van der Waals surface area (Å²) in [5, 5.41) is 2.50. The van der Waals surface area contributed by atoms with E-state index in [-0.39, 0.29) is 11.8 Å². The van der Waals surface area contributed by atoms with Crippen molar-refractivity contribution in [2.24, 2.45) is 5.92 Å². The summed E-state index contributed by atoms with van der Waals surface area (Å²) in [6.45, 7) is 4.01. The zero-order chi connectivity index (χ0) is 26.9. The molecule has 1 aliphatic rings. The Labute approximate surface area is 212 Å². The van der Waals surface area contributed by atoms with Crippen molar-refractivity contribution < 1.29 is 32.3 Å². The topological polar surface area (TPSA) is 75.7 Å². The maximum absolute atomic E-state index is 13.2. The lowest BCUT2D eigenvalue weighted by molar-refractivity contribution is -0.147. The van der Waals surface area contributed by atoms with E-state index in [1.54, 1.807) is 30.3 Å². The molecule has 3 aromatic rings. The Morgan fingerprint density at radius 1 is 0.973 bits per heavy atom. The molecule has 9 heteroatoms. The van der Waals surface area contributed by atoms with Crippen LogP contribution in [0, 0.1) is 5.92 Å². The molecule has 1 aliphatic heterocycles. The average molecular weight is 511 g/mol. The number of carbonyl (C=O) groups is 3. The summed E-state index contributed by atoms with van der Waals surface area (Å²) in [5.74, 6) is -1.72. The van der Waals surface area contributed by atoms with Gasteiger partial charge >= 0.3 is 12.1 Å². The summed E-state index contributed by atoms with van der Waals surface area (Å²) in [4.78, 5) is 39.5. The molecular formula is C28H25F3N2O4. The van der Waals surface area contributed by atoms with Crippen LogP contribution in [0.15, 0.2) is 66.7 Å². The standard InChI is InChI=1S/C28H25F3N2O4/c1-16(2)24(27(36)37-3)33-15-19-9-8-18(14-22(19)26(33)35)17-10-12-20(13-11-17)32-25(34)21-6-4-5-7-23(21)28(29,30)31/h4-14,16,24H,15H2,1-3H3,(H,32,34). The van der Waals surface area contributed by atoms with Gasteiger partial charge in [-0.3, -0.25) is 9.59 Å². The Hall–Kier alpha value is -4.14. The van der Waals surface area contributed by atoms with Gasteiger partial charge in [0, 0.05) is 17.8 Å². The zero-order valence-corrected chi connectivity index (χ0v) is 20.4. The molecule has 4 rings (SSSR count). The van der Waals surface area contributed by atoms with E-state index in [2.05, 4.69) is 5.32 Å². The number of anilines is 1. The van der Waals surface area contributed by atoms with E-state index in [0.717, 1.165) is 28.8 Å². The minimum absolute atomic E-state index is 0.129. The van der Waals surface area contributed by atoms with Crippen molar-refractivity contribution >= 4 is 23.5 Å². The first-order valence-corrected chi connectivity index (χ1v) is 11.6. The van der Waals surface area contributed by atoms with Gasteiger partial charge in [-0.2, -0.15) is 13.2 Å². The number of fused-ring (bicyclic) bond motifs is 1. The number of benzene rings is 3. The Morgan fingerprint density at radius 3 is 2.24 bits per heavy atom. The first-order valence-electron chi connectivity index (χ1n) is 11.6. The molecule has 0 radical (unpaired) electrons. The van der Waals surface area contributed by atoms with Crippen molar-refractivity contribution in [1.29, 1.82) is 0 Å². The number of halogens is 3. The number of hydrogen-bond acceptors (Lipinski definition) is 4. The van der Waals surface area contributed by atoms with Gasteiger partial charge in [0.2, 0.25) is 0 Å². The molecule has 0 spiro atoms.